The van der Waals surface area contributed by atoms with E-state index in [0.29, 0.717) is 54.4 Å². The number of anilines is 1. The first-order valence-corrected chi connectivity index (χ1v) is 13.9. The van der Waals surface area contributed by atoms with E-state index in [1.54, 1.807) is 30.3 Å². The quantitative estimate of drug-likeness (QED) is 0.301. The number of thiazole rings is 1. The zero-order valence-electron chi connectivity index (χ0n) is 19.3. The highest BCUT2D eigenvalue weighted by atomic mass is 32.2. The van der Waals surface area contributed by atoms with Gasteiger partial charge in [-0.3, -0.25) is 10.1 Å². The van der Waals surface area contributed by atoms with Gasteiger partial charge in [-0.15, -0.1) is 0 Å². The molecular weight excluding hydrogens is 506 g/mol. The second-order valence-electron chi connectivity index (χ2n) is 8.47. The van der Waals surface area contributed by atoms with Crippen molar-refractivity contribution in [3.05, 3.63) is 48.0 Å². The van der Waals surface area contributed by atoms with Gasteiger partial charge < -0.3 is 19.4 Å². The van der Waals surface area contributed by atoms with Crippen LogP contribution in [-0.4, -0.2) is 67.9 Å². The van der Waals surface area contributed by atoms with Gasteiger partial charge in [-0.05, 0) is 43.2 Å². The van der Waals surface area contributed by atoms with Gasteiger partial charge in [0, 0.05) is 12.0 Å². The van der Waals surface area contributed by atoms with Crippen molar-refractivity contribution in [2.45, 2.75) is 35.5 Å². The van der Waals surface area contributed by atoms with E-state index in [1.807, 2.05) is 0 Å². The highest BCUT2D eigenvalue weighted by Crippen LogP contribution is 2.33. The highest BCUT2D eigenvalue weighted by Gasteiger charge is 2.36. The molecule has 0 radical (unpaired) electrons. The number of ether oxygens (including phenoxy) is 2. The summed E-state index contributed by atoms with van der Waals surface area (Å²) in [5, 5.41) is 15.9. The molecule has 2 aliphatic rings. The largest absolute Gasteiger partial charge is 0.491 e. The third kappa shape index (κ3) is 5.51. The van der Waals surface area contributed by atoms with E-state index >= 15 is 0 Å². The molecule has 1 amide bonds. The summed E-state index contributed by atoms with van der Waals surface area (Å²) in [5.74, 6) is 0.0521. The number of nitrogens with zero attached hydrogens (tertiary/aromatic N) is 2. The molecule has 1 atom stereocenters. The molecule has 1 aromatic heterocycles. The van der Waals surface area contributed by atoms with E-state index in [1.165, 1.54) is 23.5 Å². The normalized spacial score (nSPS) is 18.4. The second-order valence-corrected chi connectivity index (χ2v) is 11.7. The minimum absolute atomic E-state index is 0.00324. The number of carbonyl (C=O) groups excluding carboxylic acids is 1. The molecule has 1 aliphatic heterocycles. The monoisotopic (exact) mass is 531 g/mol. The Labute approximate surface area is 211 Å². The molecule has 36 heavy (non-hydrogen) atoms. The number of oxime groups is 1. The molecule has 1 saturated heterocycles. The number of nitrogens with one attached hydrogen (secondary N) is 1. The molecule has 0 spiro atoms. The second kappa shape index (κ2) is 10.5. The first-order chi connectivity index (χ1) is 17.4. The van der Waals surface area contributed by atoms with Gasteiger partial charge >= 0.3 is 0 Å². The van der Waals surface area contributed by atoms with E-state index in [9.17, 15) is 13.2 Å². The van der Waals surface area contributed by atoms with Gasteiger partial charge in [-0.2, -0.15) is 0 Å². The molecule has 12 heteroatoms. The van der Waals surface area contributed by atoms with Gasteiger partial charge in [0.05, 0.1) is 40.2 Å². The predicted octanol–water partition coefficient (Wildman–Crippen LogP) is 2.75. The van der Waals surface area contributed by atoms with Crippen LogP contribution in [0.2, 0.25) is 0 Å². The van der Waals surface area contributed by atoms with Crippen molar-refractivity contribution in [3.63, 3.8) is 0 Å². The molecular formula is C24H25N3O7S2. The molecule has 2 heterocycles. The lowest BCUT2D eigenvalue weighted by molar-refractivity contribution is -0.110. The van der Waals surface area contributed by atoms with Crippen molar-refractivity contribution < 1.29 is 32.6 Å². The maximum absolute atomic E-state index is 13.2. The van der Waals surface area contributed by atoms with Gasteiger partial charge in [0.25, 0.3) is 5.91 Å². The number of aliphatic hydroxyl groups excluding tert-OH is 1. The zero-order chi connectivity index (χ0) is 25.1. The molecule has 1 aliphatic carbocycles. The van der Waals surface area contributed by atoms with Crippen molar-refractivity contribution in [1.82, 2.24) is 4.98 Å². The van der Waals surface area contributed by atoms with Crippen molar-refractivity contribution in [2.24, 2.45) is 5.16 Å². The number of fused-ring (bicyclic) bond motifs is 1. The number of carbonyl (C=O) groups is 1. The third-order valence-electron chi connectivity index (χ3n) is 5.76. The molecule has 5 rings (SSSR count). The SMILES string of the molecule is O=C(Nc1nc2ccc(OCCO)cc2s1)C(=NO[C@@H]1CCOC1)c1ccc(S(=O)(=O)C2CC2)cc1. The molecule has 1 saturated carbocycles. The summed E-state index contributed by atoms with van der Waals surface area (Å²) >= 11 is 1.26. The molecule has 3 aromatic rings. The Bertz CT molecular complexity index is 1380. The number of benzene rings is 2. The van der Waals surface area contributed by atoms with Crippen LogP contribution in [0.25, 0.3) is 10.2 Å². The molecule has 2 N–H and O–H groups in total. The van der Waals surface area contributed by atoms with Crippen LogP contribution in [0.15, 0.2) is 52.5 Å². The van der Waals surface area contributed by atoms with Gasteiger partial charge in [0.1, 0.15) is 12.4 Å². The Morgan fingerprint density at radius 2 is 2.00 bits per heavy atom. The number of aromatic nitrogens is 1. The fourth-order valence-electron chi connectivity index (χ4n) is 3.69. The summed E-state index contributed by atoms with van der Waals surface area (Å²) in [4.78, 5) is 23.5. The van der Waals surface area contributed by atoms with Crippen LogP contribution in [0.3, 0.4) is 0 Å². The summed E-state index contributed by atoms with van der Waals surface area (Å²) in [6.07, 6.45) is 1.75. The van der Waals surface area contributed by atoms with E-state index in [2.05, 4.69) is 15.5 Å². The lowest BCUT2D eigenvalue weighted by Crippen LogP contribution is -2.25. The molecule has 10 nitrogen and oxygen atoms in total. The summed E-state index contributed by atoms with van der Waals surface area (Å²) in [7, 11) is -3.35. The van der Waals surface area contributed by atoms with E-state index in [-0.39, 0.29) is 35.2 Å². The average molecular weight is 532 g/mol. The fraction of sp³-hybridized carbons (Fsp3) is 0.375. The molecule has 2 fully saturated rings. The Kier molecular flexibility index (Phi) is 7.19. The van der Waals surface area contributed by atoms with E-state index < -0.39 is 15.7 Å². The van der Waals surface area contributed by atoms with Crippen molar-refractivity contribution >= 4 is 48.1 Å². The topological polar surface area (TPSA) is 136 Å². The number of aliphatic hydroxyl groups is 1. The van der Waals surface area contributed by atoms with Gasteiger partial charge in [-0.25, -0.2) is 13.4 Å². The minimum Gasteiger partial charge on any atom is -0.491 e. The van der Waals surface area contributed by atoms with Crippen molar-refractivity contribution in [1.29, 1.82) is 0 Å². The Hall–Kier alpha value is -3.06. The summed E-state index contributed by atoms with van der Waals surface area (Å²) in [6.45, 7) is 1.04. The van der Waals surface area contributed by atoms with Crippen LogP contribution in [0.1, 0.15) is 24.8 Å². The lowest BCUT2D eigenvalue weighted by atomic mass is 10.1. The minimum atomic E-state index is -3.35. The van der Waals surface area contributed by atoms with Gasteiger partial charge in [-0.1, -0.05) is 28.6 Å². The fourth-order valence-corrected chi connectivity index (χ4v) is 6.24. The number of rotatable bonds is 10. The number of sulfone groups is 1. The first-order valence-electron chi connectivity index (χ1n) is 11.6. The van der Waals surface area contributed by atoms with Crippen LogP contribution in [0.5, 0.6) is 5.75 Å². The van der Waals surface area contributed by atoms with Crippen LogP contribution in [0, 0.1) is 0 Å². The van der Waals surface area contributed by atoms with Crippen LogP contribution in [-0.2, 0) is 24.2 Å². The van der Waals surface area contributed by atoms with E-state index in [4.69, 9.17) is 19.4 Å². The third-order valence-corrected chi connectivity index (χ3v) is 8.97. The number of amides is 1. The standard InChI is InChI=1S/C24H25N3O7S2/c28-10-12-33-16-3-8-20-21(13-16)35-24(25-20)26-23(29)22(27-34-17-9-11-32-14-17)15-1-4-18(5-2-15)36(30,31)19-6-7-19/h1-5,8,13,17,19,28H,6-7,9-12,14H2,(H,25,26,29)/t17-/m1/s1. The van der Waals surface area contributed by atoms with Crippen LogP contribution >= 0.6 is 11.3 Å². The molecule has 2 aromatic carbocycles. The smallest absolute Gasteiger partial charge is 0.280 e. The molecule has 190 valence electrons. The number of hydrogen-bond acceptors (Lipinski definition) is 10. The van der Waals surface area contributed by atoms with Crippen LogP contribution < -0.4 is 10.1 Å². The highest BCUT2D eigenvalue weighted by molar-refractivity contribution is 7.92. The first kappa shape index (κ1) is 24.6. The Morgan fingerprint density at radius 1 is 1.19 bits per heavy atom. The lowest BCUT2D eigenvalue weighted by Gasteiger charge is -2.10. The van der Waals surface area contributed by atoms with Gasteiger partial charge in [0.15, 0.2) is 26.8 Å². The summed E-state index contributed by atoms with van der Waals surface area (Å²) in [6, 6.07) is 11.4. The summed E-state index contributed by atoms with van der Waals surface area (Å²) in [5.41, 5.74) is 1.10. The maximum atomic E-state index is 13.2. The Morgan fingerprint density at radius 3 is 2.69 bits per heavy atom. The van der Waals surface area contributed by atoms with E-state index in [0.717, 1.165) is 4.70 Å². The zero-order valence-corrected chi connectivity index (χ0v) is 20.9. The van der Waals surface area contributed by atoms with Crippen LogP contribution in [0.4, 0.5) is 5.13 Å². The molecule has 0 bridgehead atoms. The number of hydrogen-bond donors (Lipinski definition) is 2. The van der Waals surface area contributed by atoms with Crippen molar-refractivity contribution in [3.8, 4) is 5.75 Å². The molecule has 0 unspecified atom stereocenters. The predicted molar refractivity (Wildman–Crippen MR) is 134 cm³/mol. The van der Waals surface area contributed by atoms with Gasteiger partial charge in [0.2, 0.25) is 0 Å². The average Bonchev–Trinajstić information content (AvgIpc) is 3.48. The maximum Gasteiger partial charge on any atom is 0.280 e. The summed E-state index contributed by atoms with van der Waals surface area (Å²) < 4.78 is 36.6. The Balaban J connectivity index is 1.38. The van der Waals surface area contributed by atoms with Crippen molar-refractivity contribution in [2.75, 3.05) is 31.7 Å².